The molecule has 2 fully saturated rings. The summed E-state index contributed by atoms with van der Waals surface area (Å²) in [7, 11) is 0. The fraction of sp³-hybridized carbons (Fsp3) is 0.667. The van der Waals surface area contributed by atoms with Gasteiger partial charge in [0.2, 0.25) is 5.91 Å². The predicted octanol–water partition coefficient (Wildman–Crippen LogP) is 1.24. The topological polar surface area (TPSA) is 90.1 Å². The van der Waals surface area contributed by atoms with Gasteiger partial charge in [0.25, 0.3) is 0 Å². The van der Waals surface area contributed by atoms with Crippen LogP contribution < -0.4 is 5.32 Å². The van der Waals surface area contributed by atoms with Crippen molar-refractivity contribution in [3.05, 3.63) is 22.5 Å². The van der Waals surface area contributed by atoms with Crippen molar-refractivity contribution in [1.82, 2.24) is 15.1 Å². The summed E-state index contributed by atoms with van der Waals surface area (Å²) in [6, 6.07) is 0. The number of aromatic nitrogens is 2. The molecule has 2 aliphatic carbocycles. The summed E-state index contributed by atoms with van der Waals surface area (Å²) in [6.45, 7) is 2.24. The summed E-state index contributed by atoms with van der Waals surface area (Å²) in [5.74, 6) is -0.122. The highest BCUT2D eigenvalue weighted by molar-refractivity contribution is 5.77. The van der Waals surface area contributed by atoms with Crippen molar-refractivity contribution in [2.24, 2.45) is 5.41 Å². The van der Waals surface area contributed by atoms with Gasteiger partial charge in [-0.15, -0.1) is 0 Å². The molecule has 0 spiro atoms. The molecule has 1 N–H and O–H groups in total. The summed E-state index contributed by atoms with van der Waals surface area (Å²) < 4.78 is 1.30. The summed E-state index contributed by atoms with van der Waals surface area (Å²) in [5, 5.41) is 17.4. The van der Waals surface area contributed by atoms with Crippen molar-refractivity contribution in [3.8, 4) is 0 Å². The van der Waals surface area contributed by atoms with Crippen LogP contribution in [0.1, 0.15) is 32.6 Å². The molecule has 1 heterocycles. The van der Waals surface area contributed by atoms with Gasteiger partial charge in [-0.1, -0.05) is 6.92 Å². The van der Waals surface area contributed by atoms with Crippen molar-refractivity contribution in [1.29, 1.82) is 0 Å². The molecule has 0 bridgehead atoms. The second kappa shape index (κ2) is 3.79. The van der Waals surface area contributed by atoms with Crippen LogP contribution in [0.3, 0.4) is 0 Å². The molecule has 1 amide bonds. The summed E-state index contributed by atoms with van der Waals surface area (Å²) in [4.78, 5) is 22.0. The number of nitrogens with one attached hydrogen (secondary N) is 1. The smallest absolute Gasteiger partial charge is 0.307 e. The molecule has 19 heavy (non-hydrogen) atoms. The Balaban J connectivity index is 1.61. The molecule has 2 aliphatic rings. The Morgan fingerprint density at radius 2 is 2.21 bits per heavy atom. The highest BCUT2D eigenvalue weighted by Crippen LogP contribution is 2.63. The zero-order valence-electron chi connectivity index (χ0n) is 10.8. The van der Waals surface area contributed by atoms with E-state index in [-0.39, 0.29) is 29.1 Å². The second-order valence-corrected chi connectivity index (χ2v) is 5.84. The first-order valence-corrected chi connectivity index (χ1v) is 6.42. The van der Waals surface area contributed by atoms with E-state index in [0.29, 0.717) is 0 Å². The van der Waals surface area contributed by atoms with Gasteiger partial charge in [-0.2, -0.15) is 5.10 Å². The molecule has 1 aromatic heterocycles. The first-order chi connectivity index (χ1) is 8.94. The van der Waals surface area contributed by atoms with Crippen LogP contribution in [0.4, 0.5) is 5.69 Å². The molecule has 1 aromatic rings. The van der Waals surface area contributed by atoms with Gasteiger partial charge < -0.3 is 5.32 Å². The van der Waals surface area contributed by atoms with Gasteiger partial charge in [0.1, 0.15) is 18.9 Å². The second-order valence-electron chi connectivity index (χ2n) is 5.84. The van der Waals surface area contributed by atoms with Gasteiger partial charge in [0.05, 0.1) is 4.92 Å². The normalized spacial score (nSPS) is 21.7. The molecule has 0 saturated heterocycles. The molecule has 2 saturated carbocycles. The van der Waals surface area contributed by atoms with Gasteiger partial charge in [-0.05, 0) is 31.1 Å². The van der Waals surface area contributed by atoms with Crippen LogP contribution in [0.2, 0.25) is 0 Å². The number of rotatable bonds is 5. The maximum atomic E-state index is 12.0. The van der Waals surface area contributed by atoms with E-state index >= 15 is 0 Å². The lowest BCUT2D eigenvalue weighted by atomic mass is 9.96. The Hall–Kier alpha value is -1.92. The van der Waals surface area contributed by atoms with Gasteiger partial charge in [-0.25, -0.2) is 0 Å². The van der Waals surface area contributed by atoms with Crippen molar-refractivity contribution in [2.45, 2.75) is 44.7 Å². The Kier molecular flexibility index (Phi) is 2.42. The van der Waals surface area contributed by atoms with E-state index in [1.807, 2.05) is 0 Å². The van der Waals surface area contributed by atoms with E-state index in [1.165, 1.54) is 23.7 Å². The number of hydrogen-bond acceptors (Lipinski definition) is 4. The standard InChI is InChI=1S/C12H16N4O3/c1-11(2-3-11)12(4-5-12)14-10(17)8-15-7-9(6-13-15)16(18)19/h6-7H,2-5,8H2,1H3,(H,14,17). The maximum Gasteiger partial charge on any atom is 0.307 e. The molecule has 102 valence electrons. The van der Waals surface area contributed by atoms with Crippen LogP contribution in [0.15, 0.2) is 12.4 Å². The van der Waals surface area contributed by atoms with Crippen LogP contribution >= 0.6 is 0 Å². The maximum absolute atomic E-state index is 12.0. The number of amides is 1. The average molecular weight is 264 g/mol. The minimum atomic E-state index is -0.519. The lowest BCUT2D eigenvalue weighted by Crippen LogP contribution is -2.44. The third kappa shape index (κ3) is 2.09. The zero-order chi connectivity index (χ0) is 13.7. The van der Waals surface area contributed by atoms with E-state index < -0.39 is 4.92 Å². The lowest BCUT2D eigenvalue weighted by Gasteiger charge is -2.24. The van der Waals surface area contributed by atoms with Gasteiger partial charge >= 0.3 is 5.69 Å². The summed E-state index contributed by atoms with van der Waals surface area (Å²) in [5.41, 5.74) is 0.144. The first kappa shape index (κ1) is 12.1. The summed E-state index contributed by atoms with van der Waals surface area (Å²) >= 11 is 0. The molecule has 7 nitrogen and oxygen atoms in total. The highest BCUT2D eigenvalue weighted by Gasteiger charge is 2.63. The number of nitro groups is 1. The van der Waals surface area contributed by atoms with E-state index in [9.17, 15) is 14.9 Å². The highest BCUT2D eigenvalue weighted by atomic mass is 16.6. The Labute approximate surface area is 110 Å². The molecule has 0 unspecified atom stereocenters. The van der Waals surface area contributed by atoms with E-state index in [2.05, 4.69) is 17.3 Å². The van der Waals surface area contributed by atoms with E-state index in [0.717, 1.165) is 19.0 Å². The van der Waals surface area contributed by atoms with Crippen molar-refractivity contribution < 1.29 is 9.72 Å². The number of nitrogens with zero attached hydrogens (tertiary/aromatic N) is 3. The van der Waals surface area contributed by atoms with E-state index in [4.69, 9.17) is 0 Å². The van der Waals surface area contributed by atoms with Crippen LogP contribution in [-0.4, -0.2) is 26.1 Å². The van der Waals surface area contributed by atoms with Crippen molar-refractivity contribution in [3.63, 3.8) is 0 Å². The van der Waals surface area contributed by atoms with Gasteiger partial charge in [-0.3, -0.25) is 19.6 Å². The van der Waals surface area contributed by atoms with E-state index in [1.54, 1.807) is 0 Å². The van der Waals surface area contributed by atoms with Crippen molar-refractivity contribution in [2.75, 3.05) is 0 Å². The quantitative estimate of drug-likeness (QED) is 0.640. The number of carbonyl (C=O) groups excluding carboxylic acids is 1. The largest absolute Gasteiger partial charge is 0.349 e. The third-order valence-electron chi connectivity index (χ3n) is 4.42. The predicted molar refractivity (Wildman–Crippen MR) is 66.3 cm³/mol. The number of hydrogen-bond donors (Lipinski definition) is 1. The molecule has 0 atom stereocenters. The Morgan fingerprint density at radius 1 is 1.53 bits per heavy atom. The fourth-order valence-electron chi connectivity index (χ4n) is 2.66. The first-order valence-electron chi connectivity index (χ1n) is 6.42. The number of carbonyl (C=O) groups is 1. The van der Waals surface area contributed by atoms with Gasteiger partial charge in [0, 0.05) is 5.54 Å². The van der Waals surface area contributed by atoms with Gasteiger partial charge in [0.15, 0.2) is 0 Å². The minimum absolute atomic E-state index is 0.0246. The lowest BCUT2D eigenvalue weighted by molar-refractivity contribution is -0.385. The van der Waals surface area contributed by atoms with Crippen LogP contribution in [0, 0.1) is 15.5 Å². The van der Waals surface area contributed by atoms with Crippen molar-refractivity contribution >= 4 is 11.6 Å². The van der Waals surface area contributed by atoms with Crippen LogP contribution in [0.25, 0.3) is 0 Å². The monoisotopic (exact) mass is 264 g/mol. The SMILES string of the molecule is CC1(C2(NC(=O)Cn3cc([N+](=O)[O-])cn3)CC2)CC1. The molecule has 0 aliphatic heterocycles. The molecule has 3 rings (SSSR count). The Morgan fingerprint density at radius 3 is 2.68 bits per heavy atom. The molecule has 0 radical (unpaired) electrons. The van der Waals surface area contributed by atoms with Crippen LogP contribution in [-0.2, 0) is 11.3 Å². The summed E-state index contributed by atoms with van der Waals surface area (Å²) in [6.07, 6.45) is 6.84. The molecule has 7 heteroatoms. The fourth-order valence-corrected chi connectivity index (χ4v) is 2.66. The zero-order valence-corrected chi connectivity index (χ0v) is 10.8. The molecule has 0 aromatic carbocycles. The molecular weight excluding hydrogens is 248 g/mol. The average Bonchev–Trinajstić information content (AvgIpc) is 3.22. The third-order valence-corrected chi connectivity index (χ3v) is 4.42. The van der Waals surface area contributed by atoms with Crippen LogP contribution in [0.5, 0.6) is 0 Å². The Bertz CT molecular complexity index is 543. The molecular formula is C12H16N4O3. The minimum Gasteiger partial charge on any atom is -0.349 e.